The van der Waals surface area contributed by atoms with Crippen LogP contribution in [0.25, 0.3) is 11.1 Å². The number of carbonyl (C=O) groups excluding carboxylic acids is 1. The van der Waals surface area contributed by atoms with Gasteiger partial charge in [-0.05, 0) is 35.2 Å². The van der Waals surface area contributed by atoms with Crippen LogP contribution in [0.1, 0.15) is 17.9 Å². The van der Waals surface area contributed by atoms with Gasteiger partial charge in [-0.1, -0.05) is 36.4 Å². The molecule has 0 bridgehead atoms. The van der Waals surface area contributed by atoms with E-state index in [2.05, 4.69) is 5.32 Å². The second kappa shape index (κ2) is 4.84. The van der Waals surface area contributed by atoms with Crippen molar-refractivity contribution in [2.45, 2.75) is 12.3 Å². The molecule has 0 saturated carbocycles. The molecule has 0 aliphatic carbocycles. The van der Waals surface area contributed by atoms with Gasteiger partial charge in [0, 0.05) is 6.54 Å². The largest absolute Gasteiger partial charge is 0.356 e. The van der Waals surface area contributed by atoms with E-state index < -0.39 is 0 Å². The Balaban J connectivity index is 1.86. The van der Waals surface area contributed by atoms with Crippen LogP contribution >= 0.6 is 0 Å². The highest BCUT2D eigenvalue weighted by atomic mass is 19.1. The summed E-state index contributed by atoms with van der Waals surface area (Å²) in [5.41, 5.74) is 3.05. The molecule has 2 aromatic rings. The molecule has 2 aromatic carbocycles. The smallest absolute Gasteiger partial charge is 0.227 e. The second-order valence-corrected chi connectivity index (χ2v) is 4.76. The van der Waals surface area contributed by atoms with E-state index in [4.69, 9.17) is 0 Å². The summed E-state index contributed by atoms with van der Waals surface area (Å²) in [6, 6.07) is 14.3. The Kier molecular flexibility index (Phi) is 3.03. The van der Waals surface area contributed by atoms with Gasteiger partial charge in [-0.3, -0.25) is 4.79 Å². The van der Waals surface area contributed by atoms with E-state index in [1.165, 1.54) is 12.1 Å². The number of amides is 1. The third kappa shape index (κ3) is 2.36. The monoisotopic (exact) mass is 255 g/mol. The van der Waals surface area contributed by atoms with Crippen LogP contribution in [0.4, 0.5) is 4.39 Å². The molecular formula is C16H14FNO. The lowest BCUT2D eigenvalue weighted by molar-refractivity contribution is -0.120. The molecule has 1 aliphatic heterocycles. The Labute approximate surface area is 111 Å². The summed E-state index contributed by atoms with van der Waals surface area (Å²) >= 11 is 0. The van der Waals surface area contributed by atoms with Gasteiger partial charge in [-0.15, -0.1) is 0 Å². The standard InChI is InChI=1S/C16H14FNO/c17-14-7-5-12(6-8-14)11-1-3-13(4-2-11)15-9-10-18-16(15)19/h1-8,15H,9-10H2,(H,18,19). The fraction of sp³-hybridized carbons (Fsp3) is 0.188. The van der Waals surface area contributed by atoms with Crippen LogP contribution in [0.3, 0.4) is 0 Å². The molecule has 3 rings (SSSR count). The molecule has 0 spiro atoms. The molecule has 1 atom stereocenters. The Morgan fingerprint density at radius 3 is 2.05 bits per heavy atom. The zero-order valence-corrected chi connectivity index (χ0v) is 10.4. The van der Waals surface area contributed by atoms with Crippen molar-refractivity contribution in [3.05, 3.63) is 59.9 Å². The van der Waals surface area contributed by atoms with Gasteiger partial charge in [0.2, 0.25) is 5.91 Å². The van der Waals surface area contributed by atoms with Crippen LogP contribution in [0.2, 0.25) is 0 Å². The molecule has 1 N–H and O–H groups in total. The van der Waals surface area contributed by atoms with E-state index >= 15 is 0 Å². The Bertz CT molecular complexity index is 589. The van der Waals surface area contributed by atoms with E-state index in [-0.39, 0.29) is 17.6 Å². The molecule has 1 aliphatic rings. The molecule has 1 amide bonds. The first-order valence-electron chi connectivity index (χ1n) is 6.37. The van der Waals surface area contributed by atoms with Crippen molar-refractivity contribution in [1.82, 2.24) is 5.32 Å². The predicted octanol–water partition coefficient (Wildman–Crippen LogP) is 3.10. The number of halogens is 1. The molecule has 1 saturated heterocycles. The van der Waals surface area contributed by atoms with Gasteiger partial charge in [-0.2, -0.15) is 0 Å². The van der Waals surface area contributed by atoms with Gasteiger partial charge in [0.1, 0.15) is 5.82 Å². The van der Waals surface area contributed by atoms with E-state index in [0.29, 0.717) is 0 Å². The van der Waals surface area contributed by atoms with Crippen LogP contribution in [0, 0.1) is 5.82 Å². The first-order chi connectivity index (χ1) is 9.24. The van der Waals surface area contributed by atoms with Gasteiger partial charge >= 0.3 is 0 Å². The highest BCUT2D eigenvalue weighted by Gasteiger charge is 2.25. The predicted molar refractivity (Wildman–Crippen MR) is 72.2 cm³/mol. The van der Waals surface area contributed by atoms with Gasteiger partial charge in [-0.25, -0.2) is 4.39 Å². The topological polar surface area (TPSA) is 29.1 Å². The first kappa shape index (κ1) is 11.9. The minimum absolute atomic E-state index is 0.0257. The van der Waals surface area contributed by atoms with Crippen molar-refractivity contribution in [3.63, 3.8) is 0 Å². The summed E-state index contributed by atoms with van der Waals surface area (Å²) in [6.07, 6.45) is 0.856. The highest BCUT2D eigenvalue weighted by molar-refractivity contribution is 5.85. The zero-order chi connectivity index (χ0) is 13.2. The normalized spacial score (nSPS) is 18.4. The van der Waals surface area contributed by atoms with Crippen molar-refractivity contribution in [2.24, 2.45) is 0 Å². The average Bonchev–Trinajstić information content (AvgIpc) is 2.86. The fourth-order valence-corrected chi connectivity index (χ4v) is 2.46. The summed E-state index contributed by atoms with van der Waals surface area (Å²) < 4.78 is 12.9. The molecule has 1 unspecified atom stereocenters. The minimum atomic E-state index is -0.233. The van der Waals surface area contributed by atoms with Crippen molar-refractivity contribution < 1.29 is 9.18 Å². The van der Waals surface area contributed by atoms with E-state index in [0.717, 1.165) is 29.7 Å². The zero-order valence-electron chi connectivity index (χ0n) is 10.4. The van der Waals surface area contributed by atoms with Crippen molar-refractivity contribution >= 4 is 5.91 Å². The van der Waals surface area contributed by atoms with Gasteiger partial charge < -0.3 is 5.32 Å². The lowest BCUT2D eigenvalue weighted by Crippen LogP contribution is -2.17. The van der Waals surface area contributed by atoms with Gasteiger partial charge in [0.15, 0.2) is 0 Å². The van der Waals surface area contributed by atoms with Crippen molar-refractivity contribution in [3.8, 4) is 11.1 Å². The summed E-state index contributed by atoms with van der Waals surface area (Å²) in [7, 11) is 0. The van der Waals surface area contributed by atoms with Gasteiger partial charge in [0.05, 0.1) is 5.92 Å². The fourth-order valence-electron chi connectivity index (χ4n) is 2.46. The van der Waals surface area contributed by atoms with Crippen LogP contribution in [-0.4, -0.2) is 12.5 Å². The Hall–Kier alpha value is -2.16. The Morgan fingerprint density at radius 2 is 1.53 bits per heavy atom. The number of rotatable bonds is 2. The third-order valence-electron chi connectivity index (χ3n) is 3.54. The number of hydrogen-bond donors (Lipinski definition) is 1. The van der Waals surface area contributed by atoms with E-state index in [1.807, 2.05) is 24.3 Å². The molecule has 3 heteroatoms. The molecule has 0 aromatic heterocycles. The molecule has 19 heavy (non-hydrogen) atoms. The highest BCUT2D eigenvalue weighted by Crippen LogP contribution is 2.26. The number of benzene rings is 2. The van der Waals surface area contributed by atoms with E-state index in [9.17, 15) is 9.18 Å². The van der Waals surface area contributed by atoms with Crippen LogP contribution < -0.4 is 5.32 Å². The first-order valence-corrected chi connectivity index (χ1v) is 6.37. The molecule has 1 fully saturated rings. The third-order valence-corrected chi connectivity index (χ3v) is 3.54. The number of nitrogens with one attached hydrogen (secondary N) is 1. The number of hydrogen-bond acceptors (Lipinski definition) is 1. The quantitative estimate of drug-likeness (QED) is 0.877. The molecule has 1 heterocycles. The molecule has 0 radical (unpaired) electrons. The van der Waals surface area contributed by atoms with Crippen LogP contribution in [0.5, 0.6) is 0 Å². The maximum Gasteiger partial charge on any atom is 0.227 e. The van der Waals surface area contributed by atoms with Crippen LogP contribution in [0.15, 0.2) is 48.5 Å². The summed E-state index contributed by atoms with van der Waals surface area (Å²) in [5.74, 6) is -0.153. The van der Waals surface area contributed by atoms with E-state index in [1.54, 1.807) is 12.1 Å². The van der Waals surface area contributed by atoms with Gasteiger partial charge in [0.25, 0.3) is 0 Å². The Morgan fingerprint density at radius 1 is 0.947 bits per heavy atom. The lowest BCUT2D eigenvalue weighted by Gasteiger charge is -2.08. The maximum absolute atomic E-state index is 12.9. The SMILES string of the molecule is O=C1NCCC1c1ccc(-c2ccc(F)cc2)cc1. The maximum atomic E-state index is 12.9. The molecular weight excluding hydrogens is 241 g/mol. The molecule has 96 valence electrons. The lowest BCUT2D eigenvalue weighted by atomic mass is 9.95. The minimum Gasteiger partial charge on any atom is -0.356 e. The number of carbonyl (C=O) groups is 1. The summed E-state index contributed by atoms with van der Waals surface area (Å²) in [6.45, 7) is 0.753. The van der Waals surface area contributed by atoms with Crippen LogP contribution in [-0.2, 0) is 4.79 Å². The second-order valence-electron chi connectivity index (χ2n) is 4.76. The summed E-state index contributed by atoms with van der Waals surface area (Å²) in [5, 5.41) is 2.84. The summed E-state index contributed by atoms with van der Waals surface area (Å²) in [4.78, 5) is 11.6. The molecule has 2 nitrogen and oxygen atoms in total. The average molecular weight is 255 g/mol. The van der Waals surface area contributed by atoms with Crippen molar-refractivity contribution in [1.29, 1.82) is 0 Å². The van der Waals surface area contributed by atoms with Crippen molar-refractivity contribution in [2.75, 3.05) is 6.54 Å².